The number of nitriles is 1. The lowest BCUT2D eigenvalue weighted by Gasteiger charge is -2.15. The molecular weight excluding hydrogens is 280 g/mol. The van der Waals surface area contributed by atoms with E-state index in [0.717, 1.165) is 5.56 Å². The summed E-state index contributed by atoms with van der Waals surface area (Å²) in [6.07, 6.45) is -0.705. The average molecular weight is 296 g/mol. The SMILES string of the molecule is COC(=O)Nc1ccc(OC(C)c2cccc(C#N)c2)cc1. The molecule has 0 aliphatic carbocycles. The van der Waals surface area contributed by atoms with E-state index in [-0.39, 0.29) is 6.10 Å². The third-order valence-corrected chi connectivity index (χ3v) is 3.08. The zero-order chi connectivity index (χ0) is 15.9. The van der Waals surface area contributed by atoms with Gasteiger partial charge in [0.1, 0.15) is 11.9 Å². The molecule has 2 aromatic rings. The van der Waals surface area contributed by atoms with Gasteiger partial charge in [-0.3, -0.25) is 5.32 Å². The Hall–Kier alpha value is -3.00. The van der Waals surface area contributed by atoms with Crippen molar-refractivity contribution < 1.29 is 14.3 Å². The number of hydrogen-bond acceptors (Lipinski definition) is 4. The molecule has 5 heteroatoms. The molecule has 0 bridgehead atoms. The van der Waals surface area contributed by atoms with Crippen LogP contribution in [0.25, 0.3) is 0 Å². The van der Waals surface area contributed by atoms with Crippen molar-refractivity contribution in [3.8, 4) is 11.8 Å². The molecule has 0 aromatic heterocycles. The topological polar surface area (TPSA) is 71.3 Å². The smallest absolute Gasteiger partial charge is 0.411 e. The largest absolute Gasteiger partial charge is 0.486 e. The van der Waals surface area contributed by atoms with Crippen molar-refractivity contribution in [1.29, 1.82) is 5.26 Å². The summed E-state index contributed by atoms with van der Waals surface area (Å²) in [6.45, 7) is 1.91. The number of amides is 1. The van der Waals surface area contributed by atoms with E-state index in [1.807, 2.05) is 19.1 Å². The second-order valence-corrected chi connectivity index (χ2v) is 4.64. The second kappa shape index (κ2) is 7.14. The standard InChI is InChI=1S/C17H16N2O3/c1-12(14-5-3-4-13(10-14)11-18)22-16-8-6-15(7-9-16)19-17(20)21-2/h3-10,12H,1-2H3,(H,19,20). The fraction of sp³-hybridized carbons (Fsp3) is 0.176. The molecule has 0 aliphatic heterocycles. The fourth-order valence-corrected chi connectivity index (χ4v) is 1.92. The summed E-state index contributed by atoms with van der Waals surface area (Å²) >= 11 is 0. The van der Waals surface area contributed by atoms with Crippen molar-refractivity contribution in [2.75, 3.05) is 12.4 Å². The minimum atomic E-state index is -0.518. The Labute approximate surface area is 129 Å². The first-order valence-corrected chi connectivity index (χ1v) is 6.74. The maximum atomic E-state index is 11.1. The van der Waals surface area contributed by atoms with Crippen LogP contribution < -0.4 is 10.1 Å². The molecule has 0 radical (unpaired) electrons. The molecule has 2 rings (SSSR count). The Balaban J connectivity index is 2.03. The van der Waals surface area contributed by atoms with Gasteiger partial charge in [0, 0.05) is 5.69 Å². The molecule has 0 spiro atoms. The first-order chi connectivity index (χ1) is 10.6. The molecule has 112 valence electrons. The number of hydrogen-bond donors (Lipinski definition) is 1. The molecule has 0 heterocycles. The third kappa shape index (κ3) is 4.00. The molecule has 0 saturated carbocycles. The van der Waals surface area contributed by atoms with E-state index in [1.165, 1.54) is 7.11 Å². The number of anilines is 1. The molecule has 0 fully saturated rings. The lowest BCUT2D eigenvalue weighted by Crippen LogP contribution is -2.10. The monoisotopic (exact) mass is 296 g/mol. The van der Waals surface area contributed by atoms with Crippen molar-refractivity contribution >= 4 is 11.8 Å². The van der Waals surface area contributed by atoms with Gasteiger partial charge in [-0.1, -0.05) is 12.1 Å². The van der Waals surface area contributed by atoms with E-state index in [9.17, 15) is 4.79 Å². The van der Waals surface area contributed by atoms with Crippen LogP contribution in [-0.2, 0) is 4.74 Å². The van der Waals surface area contributed by atoms with Gasteiger partial charge in [0.2, 0.25) is 0 Å². The average Bonchev–Trinajstić information content (AvgIpc) is 2.56. The number of carbonyl (C=O) groups excluding carboxylic acids is 1. The minimum Gasteiger partial charge on any atom is -0.486 e. The van der Waals surface area contributed by atoms with E-state index in [4.69, 9.17) is 10.00 Å². The normalized spacial score (nSPS) is 11.1. The molecule has 5 nitrogen and oxygen atoms in total. The van der Waals surface area contributed by atoms with Crippen LogP contribution in [0.4, 0.5) is 10.5 Å². The van der Waals surface area contributed by atoms with E-state index in [2.05, 4.69) is 16.1 Å². The van der Waals surface area contributed by atoms with Gasteiger partial charge in [0.25, 0.3) is 0 Å². The lowest BCUT2D eigenvalue weighted by molar-refractivity contribution is 0.187. The molecule has 0 aliphatic rings. The Bertz CT molecular complexity index is 690. The van der Waals surface area contributed by atoms with Gasteiger partial charge in [-0.2, -0.15) is 5.26 Å². The highest BCUT2D eigenvalue weighted by Gasteiger charge is 2.08. The number of nitrogens with zero attached hydrogens (tertiary/aromatic N) is 1. The van der Waals surface area contributed by atoms with E-state index >= 15 is 0 Å². The summed E-state index contributed by atoms with van der Waals surface area (Å²) < 4.78 is 10.4. The minimum absolute atomic E-state index is 0.187. The maximum Gasteiger partial charge on any atom is 0.411 e. The Morgan fingerprint density at radius 1 is 1.23 bits per heavy atom. The fourth-order valence-electron chi connectivity index (χ4n) is 1.92. The third-order valence-electron chi connectivity index (χ3n) is 3.08. The molecule has 2 aromatic carbocycles. The van der Waals surface area contributed by atoms with E-state index < -0.39 is 6.09 Å². The van der Waals surface area contributed by atoms with Crippen LogP contribution >= 0.6 is 0 Å². The molecule has 1 unspecified atom stereocenters. The second-order valence-electron chi connectivity index (χ2n) is 4.64. The molecular formula is C17H16N2O3. The van der Waals surface area contributed by atoms with Crippen molar-refractivity contribution in [3.63, 3.8) is 0 Å². The number of benzene rings is 2. The van der Waals surface area contributed by atoms with Crippen LogP contribution in [-0.4, -0.2) is 13.2 Å². The molecule has 0 saturated heterocycles. The van der Waals surface area contributed by atoms with E-state index in [1.54, 1.807) is 36.4 Å². The zero-order valence-electron chi connectivity index (χ0n) is 12.4. The van der Waals surface area contributed by atoms with Crippen molar-refractivity contribution in [1.82, 2.24) is 0 Å². The van der Waals surface area contributed by atoms with Crippen LogP contribution in [0, 0.1) is 11.3 Å². The van der Waals surface area contributed by atoms with Crippen LogP contribution in [0.5, 0.6) is 5.75 Å². The lowest BCUT2D eigenvalue weighted by atomic mass is 10.1. The molecule has 1 atom stereocenters. The quantitative estimate of drug-likeness (QED) is 0.929. The highest BCUT2D eigenvalue weighted by Crippen LogP contribution is 2.23. The summed E-state index contributed by atoms with van der Waals surface area (Å²) in [6, 6.07) is 16.4. The van der Waals surface area contributed by atoms with Crippen molar-refractivity contribution in [2.45, 2.75) is 13.0 Å². The number of ether oxygens (including phenoxy) is 2. The Morgan fingerprint density at radius 3 is 2.59 bits per heavy atom. The van der Waals surface area contributed by atoms with Crippen molar-refractivity contribution in [3.05, 3.63) is 59.7 Å². The highest BCUT2D eigenvalue weighted by molar-refractivity contribution is 5.84. The number of rotatable bonds is 4. The number of nitrogens with one attached hydrogen (secondary N) is 1. The Kier molecular flexibility index (Phi) is 4.99. The molecule has 1 N–H and O–H groups in total. The van der Waals surface area contributed by atoms with Gasteiger partial charge in [-0.05, 0) is 48.9 Å². The summed E-state index contributed by atoms with van der Waals surface area (Å²) in [5.74, 6) is 0.672. The predicted octanol–water partition coefficient (Wildman–Crippen LogP) is 3.88. The summed E-state index contributed by atoms with van der Waals surface area (Å²) in [5.41, 5.74) is 2.15. The van der Waals surface area contributed by atoms with Crippen LogP contribution in [0.3, 0.4) is 0 Å². The first kappa shape index (κ1) is 15.4. The van der Waals surface area contributed by atoms with Crippen LogP contribution in [0.2, 0.25) is 0 Å². The maximum absolute atomic E-state index is 11.1. The molecule has 22 heavy (non-hydrogen) atoms. The van der Waals surface area contributed by atoms with Gasteiger partial charge in [-0.15, -0.1) is 0 Å². The summed E-state index contributed by atoms with van der Waals surface area (Å²) in [5, 5.41) is 11.5. The van der Waals surface area contributed by atoms with Gasteiger partial charge >= 0.3 is 6.09 Å². The number of carbonyl (C=O) groups is 1. The van der Waals surface area contributed by atoms with Gasteiger partial charge < -0.3 is 9.47 Å². The Morgan fingerprint density at radius 2 is 1.95 bits per heavy atom. The van der Waals surface area contributed by atoms with Crippen LogP contribution in [0.1, 0.15) is 24.2 Å². The zero-order valence-corrected chi connectivity index (χ0v) is 12.4. The number of methoxy groups -OCH3 is 1. The van der Waals surface area contributed by atoms with Crippen molar-refractivity contribution in [2.24, 2.45) is 0 Å². The highest BCUT2D eigenvalue weighted by atomic mass is 16.5. The van der Waals surface area contributed by atoms with Gasteiger partial charge in [-0.25, -0.2) is 4.79 Å². The van der Waals surface area contributed by atoms with E-state index in [0.29, 0.717) is 17.0 Å². The summed E-state index contributed by atoms with van der Waals surface area (Å²) in [4.78, 5) is 11.1. The first-order valence-electron chi connectivity index (χ1n) is 6.74. The van der Waals surface area contributed by atoms with Gasteiger partial charge in [0.05, 0.1) is 18.7 Å². The van der Waals surface area contributed by atoms with Gasteiger partial charge in [0.15, 0.2) is 0 Å². The summed E-state index contributed by atoms with van der Waals surface area (Å²) in [7, 11) is 1.31. The molecule has 1 amide bonds. The van der Waals surface area contributed by atoms with Crippen LogP contribution in [0.15, 0.2) is 48.5 Å². The predicted molar refractivity (Wildman–Crippen MR) is 82.7 cm³/mol.